The van der Waals surface area contributed by atoms with E-state index < -0.39 is 5.78 Å². The van der Waals surface area contributed by atoms with Crippen LogP contribution in [0.25, 0.3) is 11.1 Å². The summed E-state index contributed by atoms with van der Waals surface area (Å²) in [4.78, 5) is 20.2. The number of nitriles is 1. The highest BCUT2D eigenvalue weighted by molar-refractivity contribution is 6.54. The van der Waals surface area contributed by atoms with Crippen LogP contribution < -0.4 is 0 Å². The van der Waals surface area contributed by atoms with Gasteiger partial charge in [-0.2, -0.15) is 5.26 Å². The van der Waals surface area contributed by atoms with Crippen molar-refractivity contribution in [3.05, 3.63) is 71.3 Å². The van der Waals surface area contributed by atoms with Crippen molar-refractivity contribution in [2.75, 3.05) is 14.1 Å². The lowest BCUT2D eigenvalue weighted by Crippen LogP contribution is -2.20. The van der Waals surface area contributed by atoms with Crippen molar-refractivity contribution >= 4 is 28.4 Å². The van der Waals surface area contributed by atoms with Gasteiger partial charge in [0.2, 0.25) is 5.78 Å². The summed E-state index contributed by atoms with van der Waals surface area (Å²) < 4.78 is 0. The van der Waals surface area contributed by atoms with Crippen LogP contribution in [0.5, 0.6) is 0 Å². The summed E-state index contributed by atoms with van der Waals surface area (Å²) >= 11 is 0. The van der Waals surface area contributed by atoms with Gasteiger partial charge in [-0.3, -0.25) is 14.8 Å². The molecule has 0 spiro atoms. The van der Waals surface area contributed by atoms with E-state index in [0.29, 0.717) is 5.71 Å². The van der Waals surface area contributed by atoms with Gasteiger partial charge < -0.3 is 0 Å². The molecule has 0 radical (unpaired) electrons. The van der Waals surface area contributed by atoms with Crippen LogP contribution in [0.1, 0.15) is 30.4 Å². The van der Waals surface area contributed by atoms with Crippen LogP contribution in [-0.2, 0) is 4.79 Å². The Morgan fingerprint density at radius 3 is 2.30 bits per heavy atom. The minimum absolute atomic E-state index is 0.0370. The summed E-state index contributed by atoms with van der Waals surface area (Å²) in [7, 11) is 3.37. The number of benzene rings is 1. The summed E-state index contributed by atoms with van der Waals surface area (Å²) in [5.74, 6) is -0.481. The molecule has 0 fully saturated rings. The zero-order chi connectivity index (χ0) is 19.2. The lowest BCUT2D eigenvalue weighted by Gasteiger charge is -2.17. The smallest absolute Gasteiger partial charge is 0.236 e. The molecule has 0 aliphatic heterocycles. The topological polar surface area (TPSA) is 65.6 Å². The molecule has 2 aliphatic rings. The van der Waals surface area contributed by atoms with Crippen molar-refractivity contribution in [3.8, 4) is 6.07 Å². The lowest BCUT2D eigenvalue weighted by atomic mass is 9.88. The van der Waals surface area contributed by atoms with E-state index in [-0.39, 0.29) is 6.42 Å². The molecule has 0 atom stereocenters. The van der Waals surface area contributed by atoms with Crippen molar-refractivity contribution in [2.24, 2.45) is 9.98 Å². The number of nitrogens with zero attached hydrogens (tertiary/aromatic N) is 3. The zero-order valence-corrected chi connectivity index (χ0v) is 15.6. The molecule has 0 amide bonds. The Morgan fingerprint density at radius 1 is 1.04 bits per heavy atom. The van der Waals surface area contributed by atoms with Crippen molar-refractivity contribution in [2.45, 2.75) is 19.3 Å². The molecule has 0 aromatic heterocycles. The molecule has 0 unspecified atom stereocenters. The fraction of sp³-hybridized carbons (Fsp3) is 0.217. The molecule has 0 bridgehead atoms. The summed E-state index contributed by atoms with van der Waals surface area (Å²) in [6.07, 6.45) is 12.7. The molecule has 27 heavy (non-hydrogen) atoms. The van der Waals surface area contributed by atoms with Crippen LogP contribution in [-0.4, -0.2) is 31.3 Å². The van der Waals surface area contributed by atoms with E-state index in [4.69, 9.17) is 5.26 Å². The van der Waals surface area contributed by atoms with E-state index in [2.05, 4.69) is 52.5 Å². The molecule has 2 aliphatic carbocycles. The second-order valence-electron chi connectivity index (χ2n) is 6.38. The SMILES string of the molecule is C/N=C1/C=C(c2ccc(C3=CCCC=C3)cc2)C=C(CC(=O)C#N)/C1=N/C. The van der Waals surface area contributed by atoms with E-state index in [0.717, 1.165) is 35.3 Å². The molecule has 134 valence electrons. The molecule has 0 saturated heterocycles. The van der Waals surface area contributed by atoms with Gasteiger partial charge >= 0.3 is 0 Å². The Labute approximate surface area is 159 Å². The van der Waals surface area contributed by atoms with Crippen LogP contribution in [0.2, 0.25) is 0 Å². The Morgan fingerprint density at radius 2 is 1.74 bits per heavy atom. The number of allylic oxidation sites excluding steroid dienone is 8. The summed E-state index contributed by atoms with van der Waals surface area (Å²) in [6.45, 7) is 0. The predicted molar refractivity (Wildman–Crippen MR) is 111 cm³/mol. The van der Waals surface area contributed by atoms with Gasteiger partial charge in [-0.1, -0.05) is 42.5 Å². The Balaban J connectivity index is 1.96. The highest BCUT2D eigenvalue weighted by Gasteiger charge is 2.20. The van der Waals surface area contributed by atoms with Crippen molar-refractivity contribution in [1.82, 2.24) is 0 Å². The fourth-order valence-corrected chi connectivity index (χ4v) is 3.30. The molecular formula is C23H21N3O. The Hall–Kier alpha value is -3.32. The number of rotatable bonds is 4. The third-order valence-corrected chi connectivity index (χ3v) is 4.66. The Bertz CT molecular complexity index is 977. The average Bonchev–Trinajstić information content (AvgIpc) is 2.73. The summed E-state index contributed by atoms with van der Waals surface area (Å²) in [5.41, 5.74) is 6.55. The van der Waals surface area contributed by atoms with Gasteiger partial charge in [0, 0.05) is 20.5 Å². The average molecular weight is 355 g/mol. The first-order valence-electron chi connectivity index (χ1n) is 8.93. The van der Waals surface area contributed by atoms with Crippen molar-refractivity contribution < 1.29 is 4.79 Å². The molecule has 0 saturated carbocycles. The third-order valence-electron chi connectivity index (χ3n) is 4.66. The first kappa shape index (κ1) is 18.5. The van der Waals surface area contributed by atoms with E-state index in [1.54, 1.807) is 20.2 Å². The molecule has 4 nitrogen and oxygen atoms in total. The van der Waals surface area contributed by atoms with E-state index >= 15 is 0 Å². The van der Waals surface area contributed by atoms with Crippen molar-refractivity contribution in [1.29, 1.82) is 5.26 Å². The van der Waals surface area contributed by atoms with E-state index in [1.165, 1.54) is 11.1 Å². The maximum absolute atomic E-state index is 11.7. The lowest BCUT2D eigenvalue weighted by molar-refractivity contribution is -0.113. The largest absolute Gasteiger partial charge is 0.286 e. The number of Topliss-reactive ketones (excluding diaryl/α,β-unsaturated/α-hetero) is 1. The van der Waals surface area contributed by atoms with Gasteiger partial charge in [0.25, 0.3) is 0 Å². The molecule has 0 N–H and O–H groups in total. The van der Waals surface area contributed by atoms with Gasteiger partial charge in [0.15, 0.2) is 0 Å². The standard InChI is InChI=1S/C23H21N3O/c1-25-22-14-19(12-20(23(22)26-2)13-21(27)15-24)18-10-8-17(9-11-18)16-6-4-3-5-7-16/h4,6-12,14H,3,5,13H2,1-2H3/b25-22-,26-23-. The number of carbonyl (C=O) groups excluding carboxylic acids is 1. The van der Waals surface area contributed by atoms with E-state index in [9.17, 15) is 4.79 Å². The van der Waals surface area contributed by atoms with Crippen LogP contribution in [0, 0.1) is 11.3 Å². The minimum Gasteiger partial charge on any atom is -0.286 e. The minimum atomic E-state index is -0.481. The van der Waals surface area contributed by atoms with Gasteiger partial charge in [-0.25, -0.2) is 0 Å². The normalized spacial score (nSPS) is 19.4. The number of aliphatic imine (C=N–C) groups is 2. The fourth-order valence-electron chi connectivity index (χ4n) is 3.30. The molecule has 0 heterocycles. The van der Waals surface area contributed by atoms with Crippen LogP contribution in [0.4, 0.5) is 0 Å². The molecule has 1 aromatic rings. The van der Waals surface area contributed by atoms with Gasteiger partial charge in [-0.15, -0.1) is 0 Å². The van der Waals surface area contributed by atoms with Crippen LogP contribution >= 0.6 is 0 Å². The van der Waals surface area contributed by atoms with Gasteiger partial charge in [0.1, 0.15) is 6.07 Å². The molecular weight excluding hydrogens is 334 g/mol. The number of ketones is 1. The quantitative estimate of drug-likeness (QED) is 0.595. The molecule has 4 heteroatoms. The van der Waals surface area contributed by atoms with Crippen molar-refractivity contribution in [3.63, 3.8) is 0 Å². The maximum Gasteiger partial charge on any atom is 0.236 e. The highest BCUT2D eigenvalue weighted by atomic mass is 16.1. The molecule has 1 aromatic carbocycles. The third kappa shape index (κ3) is 4.09. The predicted octanol–water partition coefficient (Wildman–Crippen LogP) is 4.37. The van der Waals surface area contributed by atoms with E-state index in [1.807, 2.05) is 12.2 Å². The Kier molecular flexibility index (Phi) is 5.73. The zero-order valence-electron chi connectivity index (χ0n) is 15.6. The number of carbonyl (C=O) groups is 1. The second kappa shape index (κ2) is 8.37. The van der Waals surface area contributed by atoms with Gasteiger partial charge in [-0.05, 0) is 52.8 Å². The number of hydrogen-bond acceptors (Lipinski definition) is 4. The van der Waals surface area contributed by atoms with Gasteiger partial charge in [0.05, 0.1) is 11.4 Å². The highest BCUT2D eigenvalue weighted by Crippen LogP contribution is 2.27. The monoisotopic (exact) mass is 355 g/mol. The second-order valence-corrected chi connectivity index (χ2v) is 6.38. The summed E-state index contributed by atoms with van der Waals surface area (Å²) in [5, 5.41) is 8.86. The van der Waals surface area contributed by atoms with Crippen LogP contribution in [0.15, 0.2) is 70.2 Å². The maximum atomic E-state index is 11.7. The van der Waals surface area contributed by atoms with Crippen LogP contribution in [0.3, 0.4) is 0 Å². The molecule has 3 rings (SSSR count). The first-order valence-corrected chi connectivity index (χ1v) is 8.93. The summed E-state index contributed by atoms with van der Waals surface area (Å²) in [6, 6.07) is 10.1. The number of hydrogen-bond donors (Lipinski definition) is 0. The first-order chi connectivity index (χ1) is 13.2.